The molecule has 0 saturated carbocycles. The first-order valence-electron chi connectivity index (χ1n) is 5.94. The molecule has 2 nitrogen and oxygen atoms in total. The van der Waals surface area contributed by atoms with Crippen molar-refractivity contribution in [3.05, 3.63) is 0 Å². The molecule has 0 aliphatic rings. The van der Waals surface area contributed by atoms with E-state index in [9.17, 15) is 0 Å². The normalized spacial score (nSPS) is 13.8. The molecule has 1 unspecified atom stereocenters. The van der Waals surface area contributed by atoms with Gasteiger partial charge in [0.25, 0.3) is 0 Å². The zero-order valence-electron chi connectivity index (χ0n) is 11.0. The van der Waals surface area contributed by atoms with Crippen molar-refractivity contribution in [3.63, 3.8) is 0 Å². The van der Waals surface area contributed by atoms with Gasteiger partial charge in [0.15, 0.2) is 0 Å². The van der Waals surface area contributed by atoms with Crippen LogP contribution in [0.4, 0.5) is 0 Å². The van der Waals surface area contributed by atoms with Gasteiger partial charge in [-0.05, 0) is 51.4 Å². The Hall–Kier alpha value is 0.270. The van der Waals surface area contributed by atoms with Gasteiger partial charge in [0, 0.05) is 12.6 Å². The number of hydrogen-bond donors (Lipinski definition) is 1. The fourth-order valence-corrected chi connectivity index (χ4v) is 2.06. The minimum absolute atomic E-state index is 0.680. The number of nitrogens with one attached hydrogen (secondary N) is 1. The molecule has 1 N–H and O–H groups in total. The van der Waals surface area contributed by atoms with Crippen LogP contribution in [0.1, 0.15) is 26.7 Å². The number of rotatable bonds is 9. The first-order valence-corrected chi connectivity index (χ1v) is 7.33. The molecule has 0 rings (SSSR count). The molecular formula is C12H28N2S. The van der Waals surface area contributed by atoms with E-state index in [0.717, 1.165) is 19.0 Å². The molecular weight excluding hydrogens is 204 g/mol. The van der Waals surface area contributed by atoms with Crippen molar-refractivity contribution in [1.29, 1.82) is 0 Å². The Labute approximate surface area is 100 Å². The summed E-state index contributed by atoms with van der Waals surface area (Å²) in [6.07, 6.45) is 4.73. The third-order valence-corrected chi connectivity index (χ3v) is 3.25. The summed E-state index contributed by atoms with van der Waals surface area (Å²) < 4.78 is 0. The van der Waals surface area contributed by atoms with Gasteiger partial charge in [-0.2, -0.15) is 11.8 Å². The zero-order chi connectivity index (χ0) is 11.7. The summed E-state index contributed by atoms with van der Waals surface area (Å²) in [6, 6.07) is 0.680. The second-order valence-corrected chi connectivity index (χ2v) is 5.78. The third-order valence-electron chi connectivity index (χ3n) is 2.56. The first kappa shape index (κ1) is 15.3. The largest absolute Gasteiger partial charge is 0.315 e. The van der Waals surface area contributed by atoms with Gasteiger partial charge in [-0.1, -0.05) is 13.8 Å². The molecule has 0 aromatic heterocycles. The summed E-state index contributed by atoms with van der Waals surface area (Å²) in [7, 11) is 4.35. The summed E-state index contributed by atoms with van der Waals surface area (Å²) >= 11 is 1.93. The van der Waals surface area contributed by atoms with Crippen LogP contribution in [0, 0.1) is 5.92 Å². The van der Waals surface area contributed by atoms with Crippen molar-refractivity contribution < 1.29 is 0 Å². The Morgan fingerprint density at radius 3 is 2.40 bits per heavy atom. The first-order chi connectivity index (χ1) is 7.07. The van der Waals surface area contributed by atoms with Gasteiger partial charge in [-0.3, -0.25) is 0 Å². The zero-order valence-corrected chi connectivity index (χ0v) is 11.9. The molecule has 0 fully saturated rings. The molecule has 92 valence electrons. The number of nitrogens with zero attached hydrogens (tertiary/aromatic N) is 1. The molecule has 0 radical (unpaired) electrons. The van der Waals surface area contributed by atoms with Crippen molar-refractivity contribution >= 4 is 11.8 Å². The second kappa shape index (κ2) is 9.49. The summed E-state index contributed by atoms with van der Waals surface area (Å²) in [6.45, 7) is 6.87. The van der Waals surface area contributed by atoms with E-state index in [0.29, 0.717) is 6.04 Å². The van der Waals surface area contributed by atoms with E-state index >= 15 is 0 Å². The lowest BCUT2D eigenvalue weighted by atomic mass is 10.0. The smallest absolute Gasteiger partial charge is 0.0216 e. The van der Waals surface area contributed by atoms with E-state index < -0.39 is 0 Å². The van der Waals surface area contributed by atoms with Crippen LogP contribution in [-0.2, 0) is 0 Å². The minimum Gasteiger partial charge on any atom is -0.315 e. The van der Waals surface area contributed by atoms with Gasteiger partial charge in [-0.15, -0.1) is 0 Å². The molecule has 0 aliphatic carbocycles. The van der Waals surface area contributed by atoms with Gasteiger partial charge in [0.1, 0.15) is 0 Å². The fourth-order valence-electron chi connectivity index (χ4n) is 1.63. The van der Waals surface area contributed by atoms with E-state index in [1.165, 1.54) is 18.6 Å². The van der Waals surface area contributed by atoms with Gasteiger partial charge in [0.05, 0.1) is 0 Å². The summed E-state index contributed by atoms with van der Waals surface area (Å²) in [5.74, 6) is 2.05. The van der Waals surface area contributed by atoms with Crippen LogP contribution in [0.2, 0.25) is 0 Å². The number of thioether (sulfide) groups is 1. The Balaban J connectivity index is 3.58. The average molecular weight is 232 g/mol. The van der Waals surface area contributed by atoms with E-state index in [1.54, 1.807) is 0 Å². The molecule has 0 aliphatic heterocycles. The summed E-state index contributed by atoms with van der Waals surface area (Å²) in [5.41, 5.74) is 0. The Morgan fingerprint density at radius 1 is 1.27 bits per heavy atom. The van der Waals surface area contributed by atoms with Crippen molar-refractivity contribution in [1.82, 2.24) is 10.2 Å². The SMILES string of the molecule is CSCCCNCC(CC(C)C)N(C)C. The van der Waals surface area contributed by atoms with Gasteiger partial charge in [0.2, 0.25) is 0 Å². The highest BCUT2D eigenvalue weighted by atomic mass is 32.2. The lowest BCUT2D eigenvalue weighted by molar-refractivity contribution is 0.247. The highest BCUT2D eigenvalue weighted by Gasteiger charge is 2.12. The van der Waals surface area contributed by atoms with Gasteiger partial charge >= 0.3 is 0 Å². The maximum atomic E-state index is 3.55. The van der Waals surface area contributed by atoms with Crippen molar-refractivity contribution in [3.8, 4) is 0 Å². The second-order valence-electron chi connectivity index (χ2n) is 4.80. The van der Waals surface area contributed by atoms with Crippen LogP contribution < -0.4 is 5.32 Å². The van der Waals surface area contributed by atoms with Crippen molar-refractivity contribution in [2.45, 2.75) is 32.7 Å². The molecule has 0 saturated heterocycles. The Bertz CT molecular complexity index is 138. The van der Waals surface area contributed by atoms with Crippen LogP contribution in [0.25, 0.3) is 0 Å². The van der Waals surface area contributed by atoms with Crippen LogP contribution >= 0.6 is 11.8 Å². The summed E-state index contributed by atoms with van der Waals surface area (Å²) in [4.78, 5) is 2.33. The highest BCUT2D eigenvalue weighted by molar-refractivity contribution is 7.98. The Kier molecular flexibility index (Phi) is 9.66. The highest BCUT2D eigenvalue weighted by Crippen LogP contribution is 2.08. The summed E-state index contributed by atoms with van der Waals surface area (Å²) in [5, 5.41) is 3.55. The predicted octanol–water partition coefficient (Wildman–Crippen LogP) is 2.31. The molecule has 3 heteroatoms. The van der Waals surface area contributed by atoms with Gasteiger partial charge < -0.3 is 10.2 Å². The van der Waals surface area contributed by atoms with Crippen molar-refractivity contribution in [2.75, 3.05) is 39.2 Å². The standard InChI is InChI=1S/C12H28N2S/c1-11(2)9-12(14(3)4)10-13-7-6-8-15-5/h11-13H,6-10H2,1-5H3. The number of hydrogen-bond acceptors (Lipinski definition) is 3. The predicted molar refractivity (Wildman–Crippen MR) is 72.8 cm³/mol. The molecule has 15 heavy (non-hydrogen) atoms. The van der Waals surface area contributed by atoms with E-state index in [4.69, 9.17) is 0 Å². The van der Waals surface area contributed by atoms with Crippen molar-refractivity contribution in [2.24, 2.45) is 5.92 Å². The lowest BCUT2D eigenvalue weighted by Gasteiger charge is -2.26. The van der Waals surface area contributed by atoms with Gasteiger partial charge in [-0.25, -0.2) is 0 Å². The lowest BCUT2D eigenvalue weighted by Crippen LogP contribution is -2.39. The quantitative estimate of drug-likeness (QED) is 0.614. The van der Waals surface area contributed by atoms with E-state index in [1.807, 2.05) is 11.8 Å². The molecule has 0 bridgehead atoms. The maximum Gasteiger partial charge on any atom is 0.0216 e. The Morgan fingerprint density at radius 2 is 1.93 bits per heavy atom. The van der Waals surface area contributed by atoms with Crippen LogP contribution in [0.15, 0.2) is 0 Å². The maximum absolute atomic E-state index is 3.55. The molecule has 0 heterocycles. The van der Waals surface area contributed by atoms with Crippen LogP contribution in [0.5, 0.6) is 0 Å². The molecule has 0 aromatic rings. The molecule has 0 amide bonds. The van der Waals surface area contributed by atoms with Crippen LogP contribution in [0.3, 0.4) is 0 Å². The minimum atomic E-state index is 0.680. The third kappa shape index (κ3) is 9.21. The van der Waals surface area contributed by atoms with Crippen LogP contribution in [-0.4, -0.2) is 50.1 Å². The van der Waals surface area contributed by atoms with E-state index in [2.05, 4.69) is 44.4 Å². The fraction of sp³-hybridized carbons (Fsp3) is 1.00. The van der Waals surface area contributed by atoms with E-state index in [-0.39, 0.29) is 0 Å². The average Bonchev–Trinajstić information content (AvgIpc) is 2.15. The molecule has 1 atom stereocenters. The topological polar surface area (TPSA) is 15.3 Å². The molecule has 0 aromatic carbocycles. The monoisotopic (exact) mass is 232 g/mol. The molecule has 0 spiro atoms. The number of likely N-dealkylation sites (N-methyl/N-ethyl adjacent to an activating group) is 1.